The Morgan fingerprint density at radius 1 is 1.48 bits per heavy atom. The molecule has 148 valence electrons. The summed E-state index contributed by atoms with van der Waals surface area (Å²) in [6.45, 7) is 12.0. The van der Waals surface area contributed by atoms with Crippen molar-refractivity contribution in [2.75, 3.05) is 33.4 Å². The molecule has 1 aliphatic heterocycles. The molecular formula is C20H30N4O3. The van der Waals surface area contributed by atoms with Crippen LogP contribution in [0.1, 0.15) is 20.3 Å². The van der Waals surface area contributed by atoms with Crippen molar-refractivity contribution in [3.63, 3.8) is 0 Å². The first-order valence-electron chi connectivity index (χ1n) is 8.67. The van der Waals surface area contributed by atoms with Crippen LogP contribution < -0.4 is 5.73 Å². The van der Waals surface area contributed by atoms with Gasteiger partial charge in [0.25, 0.3) is 0 Å². The van der Waals surface area contributed by atoms with Crippen LogP contribution in [0.25, 0.3) is 0 Å². The molecule has 7 nitrogen and oxygen atoms in total. The van der Waals surface area contributed by atoms with E-state index in [1.54, 1.807) is 38.0 Å². The molecule has 0 aliphatic carbocycles. The third kappa shape index (κ3) is 7.09. The van der Waals surface area contributed by atoms with Crippen molar-refractivity contribution in [2.24, 2.45) is 15.7 Å². The van der Waals surface area contributed by atoms with Gasteiger partial charge in [-0.05, 0) is 26.6 Å². The maximum atomic E-state index is 10.3. The fourth-order valence-electron chi connectivity index (χ4n) is 2.44. The monoisotopic (exact) mass is 374 g/mol. The van der Waals surface area contributed by atoms with Crippen LogP contribution in [0.5, 0.6) is 0 Å². The Morgan fingerprint density at radius 2 is 2.19 bits per heavy atom. The van der Waals surface area contributed by atoms with Gasteiger partial charge in [0, 0.05) is 25.6 Å². The molecule has 0 unspecified atom stereocenters. The number of aliphatic imine (C=N–C) groups is 2. The summed E-state index contributed by atoms with van der Waals surface area (Å²) in [7, 11) is 1.61. The number of hydrogen-bond acceptors (Lipinski definition) is 7. The Hall–Kier alpha value is -2.28. The average Bonchev–Trinajstić information content (AvgIpc) is 2.61. The quantitative estimate of drug-likeness (QED) is 0.289. The number of aliphatic hydroxyl groups excluding tert-OH is 1. The number of ether oxygens (including phenoxy) is 1. The predicted molar refractivity (Wildman–Crippen MR) is 110 cm³/mol. The molecule has 0 fully saturated rings. The van der Waals surface area contributed by atoms with Gasteiger partial charge in [0.2, 0.25) is 0 Å². The van der Waals surface area contributed by atoms with Crippen LogP contribution >= 0.6 is 0 Å². The first-order valence-corrected chi connectivity index (χ1v) is 8.67. The van der Waals surface area contributed by atoms with Gasteiger partial charge in [-0.25, -0.2) is 4.99 Å². The lowest BCUT2D eigenvalue weighted by Crippen LogP contribution is -2.43. The molecule has 7 heteroatoms. The maximum Gasteiger partial charge on any atom is 0.113 e. The van der Waals surface area contributed by atoms with Crippen LogP contribution in [0.4, 0.5) is 0 Å². The third-order valence-electron chi connectivity index (χ3n) is 3.60. The Morgan fingerprint density at radius 3 is 2.70 bits per heavy atom. The number of β-amino-alcohol motifs (C(OH)–C–C–N with tert-alkyl or cyclic N) is 1. The standard InChI is InChI=1S/C20H30N4O3/c1-15(17(22-4)8-6-7-11-27-5)18-12-16(13-21)23-19(9-10-25)24(18)14-20(2,3)26/h6-8,25-26H,1,4,9-11,13-14,21H2,2-3,5H3/b7-6-,17-8+. The van der Waals surface area contributed by atoms with Crippen molar-refractivity contribution in [2.45, 2.75) is 25.9 Å². The molecule has 0 bridgehead atoms. The summed E-state index contributed by atoms with van der Waals surface area (Å²) >= 11 is 0. The maximum absolute atomic E-state index is 10.3. The third-order valence-corrected chi connectivity index (χ3v) is 3.60. The van der Waals surface area contributed by atoms with Crippen molar-refractivity contribution in [3.8, 4) is 0 Å². The van der Waals surface area contributed by atoms with Crippen molar-refractivity contribution in [3.05, 3.63) is 53.2 Å². The normalized spacial score (nSPS) is 15.6. The molecule has 27 heavy (non-hydrogen) atoms. The molecular weight excluding hydrogens is 344 g/mol. The highest BCUT2D eigenvalue weighted by molar-refractivity contribution is 5.87. The molecule has 0 aromatic rings. The van der Waals surface area contributed by atoms with E-state index in [0.717, 1.165) is 0 Å². The van der Waals surface area contributed by atoms with Gasteiger partial charge in [-0.15, -0.1) is 0 Å². The van der Waals surface area contributed by atoms with Gasteiger partial charge in [0.05, 0.1) is 42.5 Å². The average molecular weight is 374 g/mol. The minimum absolute atomic E-state index is 0.0824. The summed E-state index contributed by atoms with van der Waals surface area (Å²) in [6, 6.07) is 0. The molecule has 1 aliphatic rings. The number of amidine groups is 1. The fourth-order valence-corrected chi connectivity index (χ4v) is 2.44. The smallest absolute Gasteiger partial charge is 0.113 e. The largest absolute Gasteiger partial charge is 0.396 e. The minimum Gasteiger partial charge on any atom is -0.396 e. The fraction of sp³-hybridized carbons (Fsp3) is 0.450. The highest BCUT2D eigenvalue weighted by Crippen LogP contribution is 2.27. The van der Waals surface area contributed by atoms with E-state index in [9.17, 15) is 10.2 Å². The van der Waals surface area contributed by atoms with Gasteiger partial charge in [-0.2, -0.15) is 0 Å². The number of aliphatic hydroxyl groups is 2. The summed E-state index contributed by atoms with van der Waals surface area (Å²) in [6.07, 6.45) is 5.72. The summed E-state index contributed by atoms with van der Waals surface area (Å²) in [4.78, 5) is 10.3. The summed E-state index contributed by atoms with van der Waals surface area (Å²) in [5.41, 5.74) is 10.2. The summed E-state index contributed by atoms with van der Waals surface area (Å²) in [5, 5.41) is 19.8. The zero-order chi connectivity index (χ0) is 20.4. The zero-order valence-corrected chi connectivity index (χ0v) is 16.4. The van der Waals surface area contributed by atoms with Crippen LogP contribution in [0.2, 0.25) is 0 Å². The summed E-state index contributed by atoms with van der Waals surface area (Å²) < 4.78 is 4.98. The van der Waals surface area contributed by atoms with E-state index in [4.69, 9.17) is 10.5 Å². The van der Waals surface area contributed by atoms with E-state index >= 15 is 0 Å². The van der Waals surface area contributed by atoms with Gasteiger partial charge in [0.1, 0.15) is 5.84 Å². The molecule has 0 amide bonds. The van der Waals surface area contributed by atoms with Crippen LogP contribution in [0.15, 0.2) is 63.2 Å². The Kier molecular flexibility index (Phi) is 9.08. The van der Waals surface area contributed by atoms with Gasteiger partial charge in [0.15, 0.2) is 0 Å². The van der Waals surface area contributed by atoms with E-state index in [0.29, 0.717) is 41.5 Å². The predicted octanol–water partition coefficient (Wildman–Crippen LogP) is 1.52. The SMILES string of the molecule is C=N/C(=C/C=C\COC)C(=C)C1=C=C(CN)N=C(CCO)N1CC(C)(C)O. The second-order valence-corrected chi connectivity index (χ2v) is 6.60. The minimum atomic E-state index is -1.01. The van der Waals surface area contributed by atoms with Gasteiger partial charge < -0.3 is 25.6 Å². The molecule has 0 radical (unpaired) electrons. The lowest BCUT2D eigenvalue weighted by Gasteiger charge is -2.34. The summed E-state index contributed by atoms with van der Waals surface area (Å²) in [5.74, 6) is 0.591. The van der Waals surface area contributed by atoms with Crippen molar-refractivity contribution in [1.29, 1.82) is 0 Å². The first-order chi connectivity index (χ1) is 12.8. The van der Waals surface area contributed by atoms with Gasteiger partial charge in [-0.1, -0.05) is 24.5 Å². The molecule has 1 rings (SSSR count). The Bertz CT molecular complexity index is 705. The van der Waals surface area contributed by atoms with Crippen molar-refractivity contribution in [1.82, 2.24) is 4.90 Å². The van der Waals surface area contributed by atoms with Gasteiger partial charge >= 0.3 is 0 Å². The van der Waals surface area contributed by atoms with Crippen LogP contribution in [0, 0.1) is 0 Å². The highest BCUT2D eigenvalue weighted by Gasteiger charge is 2.28. The van der Waals surface area contributed by atoms with Crippen LogP contribution in [-0.2, 0) is 4.74 Å². The zero-order valence-electron chi connectivity index (χ0n) is 16.4. The molecule has 1 heterocycles. The van der Waals surface area contributed by atoms with E-state index in [-0.39, 0.29) is 19.7 Å². The second kappa shape index (κ2) is 10.8. The van der Waals surface area contributed by atoms with Crippen LogP contribution in [0.3, 0.4) is 0 Å². The molecule has 0 aromatic heterocycles. The Labute approximate surface area is 161 Å². The topological polar surface area (TPSA) is 104 Å². The molecule has 0 saturated heterocycles. The number of rotatable bonds is 11. The number of nitrogens with two attached hydrogens (primary N) is 1. The molecule has 0 aromatic carbocycles. The first kappa shape index (κ1) is 22.8. The Balaban J connectivity index is 3.37. The second-order valence-electron chi connectivity index (χ2n) is 6.60. The van der Waals surface area contributed by atoms with E-state index in [2.05, 4.69) is 29.0 Å². The number of methoxy groups -OCH3 is 1. The lowest BCUT2D eigenvalue weighted by atomic mass is 10.0. The highest BCUT2D eigenvalue weighted by atomic mass is 16.5. The molecule has 0 atom stereocenters. The van der Waals surface area contributed by atoms with E-state index in [1.165, 1.54) is 0 Å². The number of nitrogens with zero attached hydrogens (tertiary/aromatic N) is 3. The van der Waals surface area contributed by atoms with E-state index in [1.807, 2.05) is 6.08 Å². The number of allylic oxidation sites excluding steroid dienone is 2. The van der Waals surface area contributed by atoms with Gasteiger partial charge in [-0.3, -0.25) is 4.99 Å². The van der Waals surface area contributed by atoms with E-state index < -0.39 is 5.60 Å². The van der Waals surface area contributed by atoms with Crippen molar-refractivity contribution >= 4 is 12.6 Å². The molecule has 0 spiro atoms. The molecule has 4 N–H and O–H groups in total. The number of hydrogen-bond donors (Lipinski definition) is 3. The molecule has 0 saturated carbocycles. The van der Waals surface area contributed by atoms with Crippen molar-refractivity contribution < 1.29 is 14.9 Å². The lowest BCUT2D eigenvalue weighted by molar-refractivity contribution is 0.0624. The van der Waals surface area contributed by atoms with Crippen LogP contribution in [-0.4, -0.2) is 66.7 Å².